The molecule has 2 N–H and O–H groups in total. The first kappa shape index (κ1) is 16.8. The average Bonchev–Trinajstić information content (AvgIpc) is 2.47. The van der Waals surface area contributed by atoms with E-state index in [0.717, 1.165) is 4.90 Å². The minimum atomic E-state index is -1.70. The number of nitrogens with zero attached hydrogens (tertiary/aromatic N) is 1. The molecule has 1 aromatic carbocycles. The van der Waals surface area contributed by atoms with Crippen LogP contribution in [0.4, 0.5) is 0 Å². The molecule has 1 saturated heterocycles. The lowest BCUT2D eigenvalue weighted by molar-refractivity contribution is -0.162. The zero-order valence-electron chi connectivity index (χ0n) is 12.8. The second-order valence-corrected chi connectivity index (χ2v) is 7.47. The predicted molar refractivity (Wildman–Crippen MR) is 85.2 cm³/mol. The van der Waals surface area contributed by atoms with Crippen LogP contribution in [-0.4, -0.2) is 50.9 Å². The van der Waals surface area contributed by atoms with Crippen LogP contribution < -0.4 is 0 Å². The SMILES string of the molecule is CC(C)Sc1ccc(C(=O)N2CCC(O)(C(=O)O)CC2)cc1. The van der Waals surface area contributed by atoms with Crippen molar-refractivity contribution in [3.63, 3.8) is 0 Å². The van der Waals surface area contributed by atoms with Gasteiger partial charge < -0.3 is 15.1 Å². The van der Waals surface area contributed by atoms with Gasteiger partial charge in [0.05, 0.1) is 0 Å². The normalized spacial score (nSPS) is 17.5. The molecule has 0 radical (unpaired) electrons. The van der Waals surface area contributed by atoms with E-state index in [2.05, 4.69) is 13.8 Å². The Bertz CT molecular complexity index is 548. The van der Waals surface area contributed by atoms with E-state index in [1.165, 1.54) is 0 Å². The molecule has 0 atom stereocenters. The maximum absolute atomic E-state index is 12.4. The van der Waals surface area contributed by atoms with Crippen molar-refractivity contribution in [3.05, 3.63) is 29.8 Å². The molecule has 2 rings (SSSR count). The summed E-state index contributed by atoms with van der Waals surface area (Å²) >= 11 is 1.73. The van der Waals surface area contributed by atoms with Gasteiger partial charge in [-0.25, -0.2) is 4.79 Å². The molecule has 1 aliphatic rings. The second kappa shape index (κ2) is 6.71. The van der Waals surface area contributed by atoms with Crippen LogP contribution in [0.1, 0.15) is 37.0 Å². The first-order valence-electron chi connectivity index (χ1n) is 7.33. The number of rotatable bonds is 4. The van der Waals surface area contributed by atoms with Gasteiger partial charge in [0.2, 0.25) is 0 Å². The highest BCUT2D eigenvalue weighted by Gasteiger charge is 2.40. The number of piperidine rings is 1. The molecule has 0 unspecified atom stereocenters. The van der Waals surface area contributed by atoms with Crippen LogP contribution in [0.5, 0.6) is 0 Å². The van der Waals surface area contributed by atoms with Gasteiger partial charge in [0.25, 0.3) is 5.91 Å². The van der Waals surface area contributed by atoms with Gasteiger partial charge >= 0.3 is 5.97 Å². The molecule has 0 aliphatic carbocycles. The van der Waals surface area contributed by atoms with Crippen LogP contribution in [0.25, 0.3) is 0 Å². The number of aliphatic carboxylic acids is 1. The third kappa shape index (κ3) is 3.81. The van der Waals surface area contributed by atoms with Crippen LogP contribution in [-0.2, 0) is 4.79 Å². The number of carboxylic acids is 1. The van der Waals surface area contributed by atoms with E-state index in [0.29, 0.717) is 10.8 Å². The summed E-state index contributed by atoms with van der Waals surface area (Å²) in [7, 11) is 0. The maximum Gasteiger partial charge on any atom is 0.335 e. The van der Waals surface area contributed by atoms with Crippen molar-refractivity contribution in [2.75, 3.05) is 13.1 Å². The molecule has 1 amide bonds. The van der Waals surface area contributed by atoms with Crippen molar-refractivity contribution in [2.45, 2.75) is 42.4 Å². The number of aliphatic hydroxyl groups is 1. The van der Waals surface area contributed by atoms with Gasteiger partial charge in [0.1, 0.15) is 0 Å². The molecule has 1 heterocycles. The highest BCUT2D eigenvalue weighted by molar-refractivity contribution is 7.99. The molecule has 0 spiro atoms. The molecule has 1 fully saturated rings. The fourth-order valence-corrected chi connectivity index (χ4v) is 3.26. The molecule has 6 heteroatoms. The summed E-state index contributed by atoms with van der Waals surface area (Å²) in [6.45, 7) is 4.73. The fraction of sp³-hybridized carbons (Fsp3) is 0.500. The van der Waals surface area contributed by atoms with Gasteiger partial charge in [-0.05, 0) is 24.3 Å². The summed E-state index contributed by atoms with van der Waals surface area (Å²) in [6, 6.07) is 7.45. The van der Waals surface area contributed by atoms with E-state index in [9.17, 15) is 14.7 Å². The molecule has 0 aromatic heterocycles. The molecule has 1 aliphatic heterocycles. The lowest BCUT2D eigenvalue weighted by Gasteiger charge is -2.35. The molecule has 5 nitrogen and oxygen atoms in total. The number of hydrogen-bond acceptors (Lipinski definition) is 4. The van der Waals surface area contributed by atoms with Gasteiger partial charge in [-0.3, -0.25) is 4.79 Å². The quantitative estimate of drug-likeness (QED) is 0.831. The van der Waals surface area contributed by atoms with Gasteiger partial charge in [0, 0.05) is 41.6 Å². The van der Waals surface area contributed by atoms with Crippen LogP contribution >= 0.6 is 11.8 Å². The van der Waals surface area contributed by atoms with Crippen molar-refractivity contribution >= 4 is 23.6 Å². The van der Waals surface area contributed by atoms with Crippen molar-refractivity contribution in [2.24, 2.45) is 0 Å². The summed E-state index contributed by atoms with van der Waals surface area (Å²) in [4.78, 5) is 26.1. The molecule has 0 saturated carbocycles. The minimum absolute atomic E-state index is 0.0648. The molecule has 120 valence electrons. The number of thioether (sulfide) groups is 1. The Morgan fingerprint density at radius 2 is 1.73 bits per heavy atom. The third-order valence-corrected chi connectivity index (χ3v) is 4.76. The van der Waals surface area contributed by atoms with Crippen molar-refractivity contribution in [3.8, 4) is 0 Å². The zero-order chi connectivity index (χ0) is 16.3. The number of benzene rings is 1. The minimum Gasteiger partial charge on any atom is -0.479 e. The van der Waals surface area contributed by atoms with Crippen LogP contribution in [0.2, 0.25) is 0 Å². The fourth-order valence-electron chi connectivity index (χ4n) is 2.42. The monoisotopic (exact) mass is 323 g/mol. The molecule has 1 aromatic rings. The Hall–Kier alpha value is -1.53. The molecule has 0 bridgehead atoms. The summed E-state index contributed by atoms with van der Waals surface area (Å²) in [6.07, 6.45) is 0.130. The van der Waals surface area contributed by atoms with Crippen LogP contribution in [0.15, 0.2) is 29.2 Å². The summed E-state index contributed by atoms with van der Waals surface area (Å²) in [5, 5.41) is 19.4. The Labute approximate surface area is 134 Å². The standard InChI is InChI=1S/C16H21NO4S/c1-11(2)22-13-5-3-12(4-6-13)14(18)17-9-7-16(21,8-10-17)15(19)20/h3-6,11,21H,7-10H2,1-2H3,(H,19,20). The van der Waals surface area contributed by atoms with E-state index in [1.54, 1.807) is 28.8 Å². The lowest BCUT2D eigenvalue weighted by atomic mass is 9.91. The number of carbonyl (C=O) groups excluding carboxylic acids is 1. The average molecular weight is 323 g/mol. The number of carboxylic acid groups (broad SMARTS) is 1. The largest absolute Gasteiger partial charge is 0.479 e. The summed E-state index contributed by atoms with van der Waals surface area (Å²) in [5.74, 6) is -1.33. The van der Waals surface area contributed by atoms with Crippen LogP contribution in [0.3, 0.4) is 0 Å². The third-order valence-electron chi connectivity index (χ3n) is 3.75. The van der Waals surface area contributed by atoms with E-state index in [-0.39, 0.29) is 31.8 Å². The topological polar surface area (TPSA) is 77.8 Å². The Morgan fingerprint density at radius 1 is 1.18 bits per heavy atom. The maximum atomic E-state index is 12.4. The predicted octanol–water partition coefficient (Wildman–Crippen LogP) is 2.24. The summed E-state index contributed by atoms with van der Waals surface area (Å²) < 4.78 is 0. The molecule has 22 heavy (non-hydrogen) atoms. The molecular formula is C16H21NO4S. The Morgan fingerprint density at radius 3 is 2.18 bits per heavy atom. The number of likely N-dealkylation sites (tertiary alicyclic amines) is 1. The lowest BCUT2D eigenvalue weighted by Crippen LogP contribution is -2.50. The number of amides is 1. The van der Waals surface area contributed by atoms with Crippen molar-refractivity contribution < 1.29 is 19.8 Å². The van der Waals surface area contributed by atoms with Gasteiger partial charge in [-0.2, -0.15) is 0 Å². The van der Waals surface area contributed by atoms with Crippen molar-refractivity contribution in [1.82, 2.24) is 4.90 Å². The van der Waals surface area contributed by atoms with Gasteiger partial charge in [0.15, 0.2) is 5.60 Å². The van der Waals surface area contributed by atoms with E-state index < -0.39 is 11.6 Å². The van der Waals surface area contributed by atoms with Crippen molar-refractivity contribution in [1.29, 1.82) is 0 Å². The Balaban J connectivity index is 1.99. The van der Waals surface area contributed by atoms with Crippen LogP contribution in [0, 0.1) is 0 Å². The highest BCUT2D eigenvalue weighted by Crippen LogP contribution is 2.25. The highest BCUT2D eigenvalue weighted by atomic mass is 32.2. The van der Waals surface area contributed by atoms with E-state index in [1.807, 2.05) is 12.1 Å². The van der Waals surface area contributed by atoms with Gasteiger partial charge in [-0.1, -0.05) is 13.8 Å². The van der Waals surface area contributed by atoms with E-state index >= 15 is 0 Å². The smallest absolute Gasteiger partial charge is 0.335 e. The first-order valence-corrected chi connectivity index (χ1v) is 8.21. The van der Waals surface area contributed by atoms with E-state index in [4.69, 9.17) is 5.11 Å². The molecular weight excluding hydrogens is 302 g/mol. The number of carbonyl (C=O) groups is 2. The second-order valence-electron chi connectivity index (χ2n) is 5.82. The van der Waals surface area contributed by atoms with Gasteiger partial charge in [-0.15, -0.1) is 11.8 Å². The summed E-state index contributed by atoms with van der Waals surface area (Å²) in [5.41, 5.74) is -1.11. The zero-order valence-corrected chi connectivity index (χ0v) is 13.6. The Kier molecular flexibility index (Phi) is 5.13. The first-order chi connectivity index (χ1) is 10.3. The number of hydrogen-bond donors (Lipinski definition) is 2.